The number of carboxylic acid groups (broad SMARTS) is 1. The van der Waals surface area contributed by atoms with E-state index in [9.17, 15) is 4.79 Å². The maximum Gasteiger partial charge on any atom is 0.290 e. The number of aryl methyl sites for hydroxylation is 1. The molecular formula is C22H26N6O4. The fourth-order valence-corrected chi connectivity index (χ4v) is 3.47. The van der Waals surface area contributed by atoms with Crippen molar-refractivity contribution in [1.29, 1.82) is 0 Å². The molecule has 32 heavy (non-hydrogen) atoms. The molecule has 168 valence electrons. The van der Waals surface area contributed by atoms with Crippen LogP contribution in [0.2, 0.25) is 0 Å². The van der Waals surface area contributed by atoms with E-state index >= 15 is 0 Å². The summed E-state index contributed by atoms with van der Waals surface area (Å²) in [4.78, 5) is 21.2. The minimum Gasteiger partial charge on any atom is -0.493 e. The van der Waals surface area contributed by atoms with Crippen LogP contribution in [0.5, 0.6) is 5.75 Å². The number of carbonyl (C=O) groups excluding carboxylic acids is 1. The zero-order valence-corrected chi connectivity index (χ0v) is 18.2. The molecule has 1 aromatic carbocycles. The van der Waals surface area contributed by atoms with Gasteiger partial charge in [0.25, 0.3) is 12.4 Å². The topological polar surface area (TPSA) is 131 Å². The fraction of sp³-hybridized carbons (Fsp3) is 0.318. The second kappa shape index (κ2) is 10.5. The van der Waals surface area contributed by atoms with Gasteiger partial charge in [-0.1, -0.05) is 6.08 Å². The number of hydrogen-bond acceptors (Lipinski definition) is 7. The van der Waals surface area contributed by atoms with Crippen molar-refractivity contribution < 1.29 is 19.4 Å². The molecule has 3 aromatic rings. The summed E-state index contributed by atoms with van der Waals surface area (Å²) in [6.45, 7) is 5.11. The molecule has 0 saturated carbocycles. The van der Waals surface area contributed by atoms with E-state index in [0.29, 0.717) is 29.8 Å². The third-order valence-corrected chi connectivity index (χ3v) is 4.81. The lowest BCUT2D eigenvalue weighted by atomic mass is 10.0. The van der Waals surface area contributed by atoms with E-state index in [0.717, 1.165) is 29.6 Å². The van der Waals surface area contributed by atoms with Crippen LogP contribution in [-0.4, -0.2) is 56.7 Å². The highest BCUT2D eigenvalue weighted by Crippen LogP contribution is 2.26. The van der Waals surface area contributed by atoms with E-state index < -0.39 is 0 Å². The molecule has 0 fully saturated rings. The SMILES string of the molecule is CCOc1cc2nn(C)cc2cc1C(=O)Nc1ccc(C2=C[C@H](C)NCC2)nn1.O=CO. The van der Waals surface area contributed by atoms with Gasteiger partial charge in [-0.2, -0.15) is 5.10 Å². The monoisotopic (exact) mass is 438 g/mol. The van der Waals surface area contributed by atoms with Crippen molar-refractivity contribution in [3.63, 3.8) is 0 Å². The minimum atomic E-state index is -0.295. The van der Waals surface area contributed by atoms with Crippen molar-refractivity contribution in [2.24, 2.45) is 7.05 Å². The maximum atomic E-state index is 12.9. The van der Waals surface area contributed by atoms with Gasteiger partial charge in [0.05, 0.1) is 23.4 Å². The number of ether oxygens (including phenoxy) is 1. The van der Waals surface area contributed by atoms with Crippen LogP contribution in [0.15, 0.2) is 36.5 Å². The Balaban J connectivity index is 0.000000913. The number of nitrogens with one attached hydrogen (secondary N) is 2. The van der Waals surface area contributed by atoms with Crippen molar-refractivity contribution in [3.05, 3.63) is 47.8 Å². The number of nitrogens with zero attached hydrogens (tertiary/aromatic N) is 4. The third kappa shape index (κ3) is 5.46. The summed E-state index contributed by atoms with van der Waals surface area (Å²) in [5, 5.41) is 26.8. The van der Waals surface area contributed by atoms with Gasteiger partial charge in [-0.25, -0.2) is 0 Å². The van der Waals surface area contributed by atoms with Crippen LogP contribution in [-0.2, 0) is 11.8 Å². The average Bonchev–Trinajstić information content (AvgIpc) is 3.13. The Labute approximate surface area is 185 Å². The normalized spacial score (nSPS) is 15.3. The molecule has 1 aliphatic rings. The van der Waals surface area contributed by atoms with Crippen LogP contribution >= 0.6 is 0 Å². The molecule has 10 nitrogen and oxygen atoms in total. The number of aromatic nitrogens is 4. The van der Waals surface area contributed by atoms with Gasteiger partial charge in [-0.15, -0.1) is 10.2 Å². The Hall–Kier alpha value is -3.79. The van der Waals surface area contributed by atoms with Gasteiger partial charge in [0, 0.05) is 30.7 Å². The van der Waals surface area contributed by atoms with Crippen molar-refractivity contribution in [2.45, 2.75) is 26.3 Å². The van der Waals surface area contributed by atoms with Gasteiger partial charge in [-0.05, 0) is 50.6 Å². The lowest BCUT2D eigenvalue weighted by Crippen LogP contribution is -2.29. The molecular weight excluding hydrogens is 412 g/mol. The second-order valence-electron chi connectivity index (χ2n) is 7.19. The van der Waals surface area contributed by atoms with Crippen LogP contribution in [0.4, 0.5) is 5.82 Å². The molecule has 0 saturated heterocycles. The Bertz CT molecular complexity index is 1120. The third-order valence-electron chi connectivity index (χ3n) is 4.81. The predicted octanol–water partition coefficient (Wildman–Crippen LogP) is 2.48. The zero-order chi connectivity index (χ0) is 23.1. The summed E-state index contributed by atoms with van der Waals surface area (Å²) in [5.41, 5.74) is 3.22. The van der Waals surface area contributed by atoms with Gasteiger partial charge in [0.15, 0.2) is 5.82 Å². The molecule has 2 aromatic heterocycles. The fourth-order valence-electron chi connectivity index (χ4n) is 3.47. The van der Waals surface area contributed by atoms with Gasteiger partial charge < -0.3 is 20.5 Å². The molecule has 3 heterocycles. The smallest absolute Gasteiger partial charge is 0.290 e. The number of carbonyl (C=O) groups is 2. The number of anilines is 1. The number of benzene rings is 1. The first kappa shape index (κ1) is 22.9. The van der Waals surface area contributed by atoms with Crippen molar-refractivity contribution >= 4 is 34.7 Å². The molecule has 1 amide bonds. The first-order chi connectivity index (χ1) is 15.4. The van der Waals surface area contributed by atoms with Crippen LogP contribution in [0.25, 0.3) is 16.5 Å². The van der Waals surface area contributed by atoms with Crippen LogP contribution in [0.1, 0.15) is 36.3 Å². The van der Waals surface area contributed by atoms with Crippen LogP contribution in [0.3, 0.4) is 0 Å². The lowest BCUT2D eigenvalue weighted by molar-refractivity contribution is -0.122. The van der Waals surface area contributed by atoms with Gasteiger partial charge in [0.1, 0.15) is 5.75 Å². The van der Waals surface area contributed by atoms with E-state index in [2.05, 4.69) is 38.9 Å². The first-order valence-electron chi connectivity index (χ1n) is 10.2. The largest absolute Gasteiger partial charge is 0.493 e. The zero-order valence-electron chi connectivity index (χ0n) is 18.2. The van der Waals surface area contributed by atoms with Gasteiger partial charge >= 0.3 is 0 Å². The van der Waals surface area contributed by atoms with Crippen molar-refractivity contribution in [3.8, 4) is 5.75 Å². The Morgan fingerprint density at radius 3 is 2.81 bits per heavy atom. The Morgan fingerprint density at radius 2 is 2.16 bits per heavy atom. The van der Waals surface area contributed by atoms with E-state index in [1.165, 1.54) is 5.57 Å². The highest BCUT2D eigenvalue weighted by molar-refractivity contribution is 6.08. The molecule has 0 radical (unpaired) electrons. The van der Waals surface area contributed by atoms with Gasteiger partial charge in [0.2, 0.25) is 0 Å². The highest BCUT2D eigenvalue weighted by atomic mass is 16.5. The van der Waals surface area contributed by atoms with Crippen molar-refractivity contribution in [1.82, 2.24) is 25.3 Å². The quantitative estimate of drug-likeness (QED) is 0.518. The molecule has 10 heteroatoms. The Morgan fingerprint density at radius 1 is 1.38 bits per heavy atom. The summed E-state index contributed by atoms with van der Waals surface area (Å²) < 4.78 is 7.37. The molecule has 1 aliphatic heterocycles. The molecule has 0 bridgehead atoms. The summed E-state index contributed by atoms with van der Waals surface area (Å²) in [5.74, 6) is 0.598. The Kier molecular flexibility index (Phi) is 7.50. The number of rotatable bonds is 5. The summed E-state index contributed by atoms with van der Waals surface area (Å²) >= 11 is 0. The predicted molar refractivity (Wildman–Crippen MR) is 121 cm³/mol. The molecule has 3 N–H and O–H groups in total. The minimum absolute atomic E-state index is 0.250. The lowest BCUT2D eigenvalue weighted by Gasteiger charge is -2.18. The highest BCUT2D eigenvalue weighted by Gasteiger charge is 2.17. The molecule has 0 aliphatic carbocycles. The standard InChI is InChI=1S/C21H24N6O2.CH2O2/c1-4-29-19-11-18-15(12-27(3)26-18)10-16(19)21(28)23-20-6-5-17(24-25-20)14-7-8-22-13(2)9-14;2-1-3/h5-6,9-13,22H,4,7-8H2,1-3H3,(H,23,25,28);1H,(H,2,3)/t13-;/m0./s1. The molecule has 1 atom stereocenters. The van der Waals surface area contributed by atoms with E-state index in [4.69, 9.17) is 14.6 Å². The van der Waals surface area contributed by atoms with Crippen molar-refractivity contribution in [2.75, 3.05) is 18.5 Å². The second-order valence-corrected chi connectivity index (χ2v) is 7.19. The maximum absolute atomic E-state index is 12.9. The van der Waals surface area contributed by atoms with Gasteiger partial charge in [-0.3, -0.25) is 14.3 Å². The van der Waals surface area contributed by atoms with Crippen LogP contribution in [0, 0.1) is 0 Å². The number of fused-ring (bicyclic) bond motifs is 1. The molecule has 0 unspecified atom stereocenters. The summed E-state index contributed by atoms with van der Waals surface area (Å²) in [6, 6.07) is 7.55. The summed E-state index contributed by atoms with van der Waals surface area (Å²) in [7, 11) is 1.84. The first-order valence-corrected chi connectivity index (χ1v) is 10.2. The number of hydrogen-bond donors (Lipinski definition) is 3. The van der Waals surface area contributed by atoms with E-state index in [1.54, 1.807) is 22.9 Å². The van der Waals surface area contributed by atoms with Crippen LogP contribution < -0.4 is 15.4 Å². The van der Waals surface area contributed by atoms with E-state index in [1.807, 2.05) is 26.2 Å². The number of amides is 1. The average molecular weight is 438 g/mol. The molecule has 4 rings (SSSR count). The van der Waals surface area contributed by atoms with E-state index in [-0.39, 0.29) is 12.4 Å². The molecule has 0 spiro atoms. The summed E-state index contributed by atoms with van der Waals surface area (Å²) in [6.07, 6.45) is 4.93.